The van der Waals surface area contributed by atoms with Crippen molar-refractivity contribution >= 4 is 23.3 Å². The Morgan fingerprint density at radius 2 is 1.80 bits per heavy atom. The molecule has 3 nitrogen and oxygen atoms in total. The third-order valence-corrected chi connectivity index (χ3v) is 6.93. The maximum atomic E-state index is 11.7. The summed E-state index contributed by atoms with van der Waals surface area (Å²) in [6.45, 7) is 0. The number of nitrogens with one attached hydrogen (secondary N) is 1. The van der Waals surface area contributed by atoms with Gasteiger partial charge in [-0.15, -0.1) is 0 Å². The summed E-state index contributed by atoms with van der Waals surface area (Å²) in [5, 5.41) is 16.0. The molecule has 0 unspecified atom stereocenters. The lowest BCUT2D eigenvalue weighted by atomic mass is 9.67. The van der Waals surface area contributed by atoms with Crippen molar-refractivity contribution in [1.29, 1.82) is 0 Å². The number of carboxylic acid groups (broad SMARTS) is 1. The van der Waals surface area contributed by atoms with Gasteiger partial charge >= 0.3 is 0 Å². The van der Waals surface area contributed by atoms with Gasteiger partial charge in [-0.2, -0.15) is 0 Å². The average molecular weight is 353 g/mol. The fourth-order valence-corrected chi connectivity index (χ4v) is 5.97. The molecule has 128 valence electrons. The Bertz CT molecular complexity index is 865. The SMILES string of the molecule is O=C([O-])c1cccc2c1N[C@@H](c1ccccc1Cl)[C@@H]1[C@@H]3CC[C@@H](C3)[C@H]21. The minimum absolute atomic E-state index is 0.0574. The summed E-state index contributed by atoms with van der Waals surface area (Å²) in [7, 11) is 0. The molecule has 2 bridgehead atoms. The average Bonchev–Trinajstić information content (AvgIpc) is 3.23. The molecule has 0 spiro atoms. The van der Waals surface area contributed by atoms with E-state index in [0.717, 1.165) is 21.8 Å². The van der Waals surface area contributed by atoms with Gasteiger partial charge in [0.1, 0.15) is 0 Å². The Balaban J connectivity index is 1.70. The van der Waals surface area contributed by atoms with Crippen LogP contribution in [0.15, 0.2) is 42.5 Å². The molecule has 0 amide bonds. The molecule has 4 heteroatoms. The first-order valence-corrected chi connectivity index (χ1v) is 9.38. The lowest BCUT2D eigenvalue weighted by Crippen LogP contribution is -2.37. The van der Waals surface area contributed by atoms with Gasteiger partial charge in [0.2, 0.25) is 0 Å². The Labute approximate surface area is 152 Å². The monoisotopic (exact) mass is 352 g/mol. The molecule has 0 saturated heterocycles. The predicted octanol–water partition coefficient (Wildman–Crippen LogP) is 4.00. The van der Waals surface area contributed by atoms with Gasteiger partial charge < -0.3 is 15.2 Å². The van der Waals surface area contributed by atoms with E-state index in [9.17, 15) is 9.90 Å². The van der Waals surface area contributed by atoms with E-state index in [-0.39, 0.29) is 11.6 Å². The Morgan fingerprint density at radius 1 is 1.04 bits per heavy atom. The highest BCUT2D eigenvalue weighted by Crippen LogP contribution is 2.64. The first-order chi connectivity index (χ1) is 12.1. The number of rotatable bonds is 2. The maximum absolute atomic E-state index is 11.7. The molecule has 2 aliphatic carbocycles. The van der Waals surface area contributed by atoms with Crippen molar-refractivity contribution in [1.82, 2.24) is 0 Å². The Hall–Kier alpha value is -2.00. The summed E-state index contributed by atoms with van der Waals surface area (Å²) in [5.74, 6) is 1.10. The second-order valence-corrected chi connectivity index (χ2v) is 8.04. The van der Waals surface area contributed by atoms with Crippen LogP contribution in [-0.4, -0.2) is 5.97 Å². The van der Waals surface area contributed by atoms with E-state index in [2.05, 4.69) is 17.4 Å². The first kappa shape index (κ1) is 15.3. The molecule has 1 heterocycles. The van der Waals surface area contributed by atoms with Crippen LogP contribution in [0, 0.1) is 17.8 Å². The number of para-hydroxylation sites is 1. The molecule has 3 aliphatic rings. The zero-order valence-corrected chi connectivity index (χ0v) is 14.5. The van der Waals surface area contributed by atoms with Crippen molar-refractivity contribution < 1.29 is 9.90 Å². The lowest BCUT2D eigenvalue weighted by Gasteiger charge is -2.44. The minimum Gasteiger partial charge on any atom is -0.545 e. The first-order valence-electron chi connectivity index (χ1n) is 9.00. The van der Waals surface area contributed by atoms with Crippen LogP contribution in [0.3, 0.4) is 0 Å². The van der Waals surface area contributed by atoms with Gasteiger partial charge in [0.25, 0.3) is 0 Å². The van der Waals surface area contributed by atoms with Gasteiger partial charge in [-0.05, 0) is 60.1 Å². The Kier molecular flexibility index (Phi) is 3.36. The molecular formula is C21H19ClNO2-. The van der Waals surface area contributed by atoms with Gasteiger partial charge in [0.15, 0.2) is 0 Å². The second kappa shape index (κ2) is 5.50. The largest absolute Gasteiger partial charge is 0.545 e. The van der Waals surface area contributed by atoms with Gasteiger partial charge in [0, 0.05) is 16.3 Å². The van der Waals surface area contributed by atoms with Gasteiger partial charge in [0.05, 0.1) is 12.0 Å². The number of carboxylic acids is 1. The van der Waals surface area contributed by atoms with E-state index in [1.165, 1.54) is 19.3 Å². The third-order valence-electron chi connectivity index (χ3n) is 6.58. The summed E-state index contributed by atoms with van der Waals surface area (Å²) < 4.78 is 0. The highest BCUT2D eigenvalue weighted by molar-refractivity contribution is 6.31. The molecule has 2 aromatic rings. The smallest absolute Gasteiger partial charge is 0.0736 e. The van der Waals surface area contributed by atoms with Crippen LogP contribution in [0.1, 0.15) is 52.7 Å². The van der Waals surface area contributed by atoms with E-state index in [0.29, 0.717) is 23.7 Å². The van der Waals surface area contributed by atoms with Crippen LogP contribution >= 0.6 is 11.6 Å². The van der Waals surface area contributed by atoms with Crippen molar-refractivity contribution in [2.45, 2.75) is 31.2 Å². The molecule has 0 aromatic heterocycles. The van der Waals surface area contributed by atoms with Crippen molar-refractivity contribution in [2.75, 3.05) is 5.32 Å². The Morgan fingerprint density at radius 3 is 2.60 bits per heavy atom. The quantitative estimate of drug-likeness (QED) is 0.888. The van der Waals surface area contributed by atoms with Gasteiger partial charge in [-0.25, -0.2) is 0 Å². The van der Waals surface area contributed by atoms with E-state index in [1.807, 2.05) is 24.3 Å². The fraction of sp³-hybridized carbons (Fsp3) is 0.381. The minimum atomic E-state index is -1.12. The van der Waals surface area contributed by atoms with Crippen LogP contribution in [0.2, 0.25) is 5.02 Å². The van der Waals surface area contributed by atoms with Crippen molar-refractivity contribution in [2.24, 2.45) is 17.8 Å². The van der Waals surface area contributed by atoms with Crippen LogP contribution in [0.4, 0.5) is 5.69 Å². The van der Waals surface area contributed by atoms with E-state index < -0.39 is 5.97 Å². The highest BCUT2D eigenvalue weighted by atomic mass is 35.5. The van der Waals surface area contributed by atoms with Crippen molar-refractivity contribution in [3.63, 3.8) is 0 Å². The zero-order valence-electron chi connectivity index (χ0n) is 13.7. The van der Waals surface area contributed by atoms with Crippen molar-refractivity contribution in [3.8, 4) is 0 Å². The number of anilines is 1. The molecule has 2 aromatic carbocycles. The molecular weight excluding hydrogens is 334 g/mol. The summed E-state index contributed by atoms with van der Waals surface area (Å²) in [5.41, 5.74) is 3.23. The van der Waals surface area contributed by atoms with Crippen LogP contribution in [-0.2, 0) is 0 Å². The topological polar surface area (TPSA) is 52.2 Å². The second-order valence-electron chi connectivity index (χ2n) is 7.64. The number of hydrogen-bond acceptors (Lipinski definition) is 3. The number of fused-ring (bicyclic) bond motifs is 7. The number of benzene rings is 2. The predicted molar refractivity (Wildman–Crippen MR) is 95.7 cm³/mol. The summed E-state index contributed by atoms with van der Waals surface area (Å²) >= 11 is 6.51. The van der Waals surface area contributed by atoms with Gasteiger partial charge in [-0.1, -0.05) is 48.0 Å². The molecule has 25 heavy (non-hydrogen) atoms. The van der Waals surface area contributed by atoms with Gasteiger partial charge in [-0.3, -0.25) is 0 Å². The number of hydrogen-bond donors (Lipinski definition) is 1. The number of halogens is 1. The third kappa shape index (κ3) is 2.15. The highest BCUT2D eigenvalue weighted by Gasteiger charge is 2.54. The number of aromatic carboxylic acids is 1. The van der Waals surface area contributed by atoms with E-state index in [1.54, 1.807) is 6.07 Å². The molecule has 0 radical (unpaired) electrons. The fourth-order valence-electron chi connectivity index (χ4n) is 5.72. The van der Waals surface area contributed by atoms with Crippen LogP contribution in [0.5, 0.6) is 0 Å². The maximum Gasteiger partial charge on any atom is 0.0736 e. The standard InChI is InChI=1S/C21H20ClNO2/c22-16-7-2-1-4-13(16)20-18-12-9-8-11(10-12)17(18)14-5-3-6-15(21(24)25)19(14)23-20/h1-7,11-12,17-18,20,23H,8-10H2,(H,24,25)/p-1/t11-,12+,17+,18+,20-/m0/s1. The molecule has 2 fully saturated rings. The van der Waals surface area contributed by atoms with Crippen molar-refractivity contribution in [3.05, 3.63) is 64.2 Å². The number of carbonyl (C=O) groups excluding carboxylic acids is 1. The summed E-state index contributed by atoms with van der Waals surface area (Å²) in [6.07, 6.45) is 3.76. The lowest BCUT2D eigenvalue weighted by molar-refractivity contribution is -0.254. The molecule has 2 saturated carbocycles. The summed E-state index contributed by atoms with van der Waals surface area (Å²) in [6, 6.07) is 13.6. The van der Waals surface area contributed by atoms with Crippen LogP contribution in [0.25, 0.3) is 0 Å². The number of carbonyl (C=O) groups is 1. The molecule has 1 N–H and O–H groups in total. The van der Waals surface area contributed by atoms with Crippen LogP contribution < -0.4 is 10.4 Å². The van der Waals surface area contributed by atoms with E-state index in [4.69, 9.17) is 11.6 Å². The molecule has 5 rings (SSSR count). The normalized spacial score (nSPS) is 32.0. The molecule has 1 aliphatic heterocycles. The summed E-state index contributed by atoms with van der Waals surface area (Å²) in [4.78, 5) is 11.7. The van der Waals surface area contributed by atoms with E-state index >= 15 is 0 Å². The zero-order chi connectivity index (χ0) is 17.1. The molecule has 5 atom stereocenters.